The SMILES string of the molecule is Cc1cccn2c(CNC(C)Cc3ccsc3)c(C(=O)N3CCOCC3)nc12. The highest BCUT2D eigenvalue weighted by Gasteiger charge is 2.25. The number of ether oxygens (including phenoxy) is 1. The number of nitrogens with one attached hydrogen (secondary N) is 1. The molecule has 7 heteroatoms. The molecule has 4 rings (SSSR count). The highest BCUT2D eigenvalue weighted by Crippen LogP contribution is 2.19. The highest BCUT2D eigenvalue weighted by molar-refractivity contribution is 7.07. The molecule has 0 saturated carbocycles. The van der Waals surface area contributed by atoms with Gasteiger partial charge in [0, 0.05) is 31.9 Å². The summed E-state index contributed by atoms with van der Waals surface area (Å²) in [6, 6.07) is 6.50. The first-order valence-corrected chi connectivity index (χ1v) is 10.7. The number of aromatic nitrogens is 2. The molecule has 3 aromatic heterocycles. The Labute approximate surface area is 169 Å². The Hall–Kier alpha value is -2.22. The Balaban J connectivity index is 1.59. The molecule has 3 aromatic rings. The fourth-order valence-electron chi connectivity index (χ4n) is 3.61. The lowest BCUT2D eigenvalue weighted by atomic mass is 10.1. The van der Waals surface area contributed by atoms with E-state index in [-0.39, 0.29) is 5.91 Å². The van der Waals surface area contributed by atoms with Crippen LogP contribution in [0, 0.1) is 6.92 Å². The highest BCUT2D eigenvalue weighted by atomic mass is 32.1. The van der Waals surface area contributed by atoms with Gasteiger partial charge < -0.3 is 19.4 Å². The molecule has 4 heterocycles. The van der Waals surface area contributed by atoms with Gasteiger partial charge in [-0.25, -0.2) is 4.98 Å². The molecular formula is C21H26N4O2S. The number of hydrogen-bond acceptors (Lipinski definition) is 5. The van der Waals surface area contributed by atoms with Gasteiger partial charge in [0.2, 0.25) is 0 Å². The number of rotatable bonds is 6. The maximum absolute atomic E-state index is 13.2. The number of pyridine rings is 1. The third-order valence-corrected chi connectivity index (χ3v) is 5.92. The third kappa shape index (κ3) is 3.97. The normalized spacial score (nSPS) is 15.9. The maximum Gasteiger partial charge on any atom is 0.274 e. The summed E-state index contributed by atoms with van der Waals surface area (Å²) in [5.41, 5.74) is 4.72. The fourth-order valence-corrected chi connectivity index (χ4v) is 4.30. The number of nitrogens with zero attached hydrogens (tertiary/aromatic N) is 3. The summed E-state index contributed by atoms with van der Waals surface area (Å²) >= 11 is 1.72. The lowest BCUT2D eigenvalue weighted by Gasteiger charge is -2.26. The van der Waals surface area contributed by atoms with Crippen molar-refractivity contribution in [2.45, 2.75) is 32.9 Å². The summed E-state index contributed by atoms with van der Waals surface area (Å²) < 4.78 is 7.44. The number of carbonyl (C=O) groups excluding carboxylic acids is 1. The molecule has 1 atom stereocenters. The van der Waals surface area contributed by atoms with Gasteiger partial charge in [0.05, 0.1) is 18.9 Å². The van der Waals surface area contributed by atoms with Crippen molar-refractivity contribution >= 4 is 22.9 Å². The van der Waals surface area contributed by atoms with Crippen LogP contribution in [-0.4, -0.2) is 52.5 Å². The first kappa shape index (κ1) is 19.1. The molecule has 1 aliphatic rings. The van der Waals surface area contributed by atoms with Crippen LogP contribution >= 0.6 is 11.3 Å². The zero-order chi connectivity index (χ0) is 19.5. The van der Waals surface area contributed by atoms with Crippen LogP contribution in [0.1, 0.15) is 34.2 Å². The van der Waals surface area contributed by atoms with Crippen molar-refractivity contribution in [2.24, 2.45) is 0 Å². The summed E-state index contributed by atoms with van der Waals surface area (Å²) in [6.45, 7) is 7.21. The zero-order valence-corrected chi connectivity index (χ0v) is 17.2. The molecule has 6 nitrogen and oxygen atoms in total. The van der Waals surface area contributed by atoms with Crippen LogP contribution in [0.5, 0.6) is 0 Å². The van der Waals surface area contributed by atoms with E-state index in [1.54, 1.807) is 11.3 Å². The van der Waals surface area contributed by atoms with E-state index in [0.717, 1.165) is 23.3 Å². The summed E-state index contributed by atoms with van der Waals surface area (Å²) in [5, 5.41) is 7.87. The maximum atomic E-state index is 13.2. The predicted molar refractivity (Wildman–Crippen MR) is 111 cm³/mol. The standard InChI is InChI=1S/C21H26N4O2S/c1-15-4-3-6-25-18(13-22-16(2)12-17-5-11-28-14-17)19(23-20(15)25)21(26)24-7-9-27-10-8-24/h3-6,11,14,16,22H,7-10,12-13H2,1-2H3. The van der Waals surface area contributed by atoms with Crippen LogP contribution in [-0.2, 0) is 17.7 Å². The summed E-state index contributed by atoms with van der Waals surface area (Å²) in [4.78, 5) is 19.8. The average Bonchev–Trinajstić information content (AvgIpc) is 3.35. The molecule has 1 unspecified atom stereocenters. The zero-order valence-electron chi connectivity index (χ0n) is 16.4. The van der Waals surface area contributed by atoms with Crippen molar-refractivity contribution < 1.29 is 9.53 Å². The molecule has 1 aliphatic heterocycles. The molecule has 0 radical (unpaired) electrons. The van der Waals surface area contributed by atoms with Crippen LogP contribution in [0.15, 0.2) is 35.2 Å². The van der Waals surface area contributed by atoms with Crippen molar-refractivity contribution in [2.75, 3.05) is 26.3 Å². The number of fused-ring (bicyclic) bond motifs is 1. The molecule has 0 spiro atoms. The molecule has 1 N–H and O–H groups in total. The van der Waals surface area contributed by atoms with E-state index in [4.69, 9.17) is 9.72 Å². The number of morpholine rings is 1. The van der Waals surface area contributed by atoms with Gasteiger partial charge in [0.15, 0.2) is 5.69 Å². The Bertz CT molecular complexity index is 945. The Morgan fingerprint density at radius 1 is 1.36 bits per heavy atom. The average molecular weight is 399 g/mol. The number of amides is 1. The number of carbonyl (C=O) groups is 1. The molecule has 0 bridgehead atoms. The summed E-state index contributed by atoms with van der Waals surface area (Å²) in [7, 11) is 0. The van der Waals surface area contributed by atoms with Crippen LogP contribution < -0.4 is 5.32 Å². The minimum absolute atomic E-state index is 0.00584. The molecule has 0 aliphatic carbocycles. The third-order valence-electron chi connectivity index (χ3n) is 5.18. The second-order valence-corrected chi connectivity index (χ2v) is 8.09. The molecule has 1 fully saturated rings. The van der Waals surface area contributed by atoms with Crippen LogP contribution in [0.25, 0.3) is 5.65 Å². The summed E-state index contributed by atoms with van der Waals surface area (Å²) in [6.07, 6.45) is 2.96. The van der Waals surface area contributed by atoms with Gasteiger partial charge in [-0.15, -0.1) is 0 Å². The smallest absolute Gasteiger partial charge is 0.274 e. The quantitative estimate of drug-likeness (QED) is 0.694. The van der Waals surface area contributed by atoms with Crippen molar-refractivity contribution in [1.29, 1.82) is 0 Å². The van der Waals surface area contributed by atoms with Gasteiger partial charge in [-0.3, -0.25) is 4.79 Å². The molecule has 0 aromatic carbocycles. The van der Waals surface area contributed by atoms with E-state index >= 15 is 0 Å². The minimum atomic E-state index is -0.00584. The lowest BCUT2D eigenvalue weighted by Crippen LogP contribution is -2.41. The molecular weight excluding hydrogens is 372 g/mol. The first-order chi connectivity index (χ1) is 13.6. The minimum Gasteiger partial charge on any atom is -0.378 e. The van der Waals surface area contributed by atoms with E-state index < -0.39 is 0 Å². The molecule has 1 saturated heterocycles. The van der Waals surface area contributed by atoms with Crippen molar-refractivity contribution in [3.05, 3.63) is 57.7 Å². The van der Waals surface area contributed by atoms with Gasteiger partial charge in [0.1, 0.15) is 5.65 Å². The van der Waals surface area contributed by atoms with Gasteiger partial charge in [-0.1, -0.05) is 6.07 Å². The van der Waals surface area contributed by atoms with Gasteiger partial charge >= 0.3 is 0 Å². The van der Waals surface area contributed by atoms with Crippen LogP contribution in [0.2, 0.25) is 0 Å². The number of aryl methyl sites for hydroxylation is 1. The fraction of sp³-hybridized carbons (Fsp3) is 0.429. The Morgan fingerprint density at radius 3 is 2.93 bits per heavy atom. The number of hydrogen-bond donors (Lipinski definition) is 1. The van der Waals surface area contributed by atoms with Gasteiger partial charge in [0.25, 0.3) is 5.91 Å². The van der Waals surface area contributed by atoms with Crippen LogP contribution in [0.4, 0.5) is 0 Å². The van der Waals surface area contributed by atoms with Crippen LogP contribution in [0.3, 0.4) is 0 Å². The summed E-state index contributed by atoms with van der Waals surface area (Å²) in [5.74, 6) is -0.00584. The van der Waals surface area contributed by atoms with Crippen molar-refractivity contribution in [1.82, 2.24) is 19.6 Å². The van der Waals surface area contributed by atoms with Crippen molar-refractivity contribution in [3.63, 3.8) is 0 Å². The number of thiophene rings is 1. The van der Waals surface area contributed by atoms with E-state index in [1.807, 2.05) is 34.6 Å². The number of imidazole rings is 1. The topological polar surface area (TPSA) is 58.9 Å². The van der Waals surface area contributed by atoms with Gasteiger partial charge in [-0.2, -0.15) is 11.3 Å². The second-order valence-electron chi connectivity index (χ2n) is 7.31. The largest absolute Gasteiger partial charge is 0.378 e. The Kier molecular flexibility index (Phi) is 5.75. The monoisotopic (exact) mass is 398 g/mol. The molecule has 1 amide bonds. The van der Waals surface area contributed by atoms with Crippen molar-refractivity contribution in [3.8, 4) is 0 Å². The first-order valence-electron chi connectivity index (χ1n) is 9.71. The van der Waals surface area contributed by atoms with E-state index in [0.29, 0.717) is 44.6 Å². The molecule has 148 valence electrons. The van der Waals surface area contributed by atoms with Gasteiger partial charge in [-0.05, 0) is 54.3 Å². The van der Waals surface area contributed by atoms with E-state index in [1.165, 1.54) is 5.56 Å². The Morgan fingerprint density at radius 2 is 2.18 bits per heavy atom. The predicted octanol–water partition coefficient (Wildman–Crippen LogP) is 2.90. The van der Waals surface area contributed by atoms with E-state index in [2.05, 4.69) is 29.1 Å². The second kappa shape index (κ2) is 8.43. The lowest BCUT2D eigenvalue weighted by molar-refractivity contribution is 0.0298. The van der Waals surface area contributed by atoms with E-state index in [9.17, 15) is 4.79 Å². The molecule has 28 heavy (non-hydrogen) atoms.